The standard InChI is InChI=1S/C37H66N6O6/c1-25(2)31(40(7)36(47)32(37(3,4)5)38-33(44)28-14-10-11-19-39(28)6)22-41-20-12-15-29(41)34(45)42-21-13-16-30(42)35(46)43-26(23-48-8)17-18-27(43)24-49-9/h25-32H,10-24H2,1-9H3,(H,38,44)/t26-,27-,28+,29-,30-,31+,32+/m0/s1. The van der Waals surface area contributed by atoms with Crippen molar-refractivity contribution in [2.24, 2.45) is 11.3 Å². The number of carbonyl (C=O) groups excluding carboxylic acids is 4. The van der Waals surface area contributed by atoms with Gasteiger partial charge in [0.25, 0.3) is 0 Å². The summed E-state index contributed by atoms with van der Waals surface area (Å²) < 4.78 is 10.9. The SMILES string of the molecule is COC[C@@H]1CC[C@@H](COC)N1C(=O)[C@@H]1CCCN1C(=O)[C@@H]1CCCN1C[C@H](C(C)C)N(C)C(=O)[C@@H](NC(=O)[C@H]1CCCCN1C)C(C)(C)C. The first-order valence-corrected chi connectivity index (χ1v) is 18.8. The van der Waals surface area contributed by atoms with E-state index in [1.54, 1.807) is 14.2 Å². The smallest absolute Gasteiger partial charge is 0.246 e. The molecule has 1 N–H and O–H groups in total. The molecule has 4 rings (SSSR count). The Bertz CT molecular complexity index is 1130. The zero-order valence-corrected chi connectivity index (χ0v) is 31.9. The molecule has 0 radical (unpaired) electrons. The molecule has 4 saturated heterocycles. The van der Waals surface area contributed by atoms with Gasteiger partial charge < -0.3 is 29.5 Å². The van der Waals surface area contributed by atoms with Gasteiger partial charge in [0.15, 0.2) is 0 Å². The van der Waals surface area contributed by atoms with E-state index in [0.717, 1.165) is 64.5 Å². The molecule has 0 aromatic heterocycles. The van der Waals surface area contributed by atoms with Crippen molar-refractivity contribution in [2.75, 3.05) is 67.7 Å². The van der Waals surface area contributed by atoms with E-state index >= 15 is 0 Å². The average molecular weight is 691 g/mol. The third-order valence-corrected chi connectivity index (χ3v) is 11.6. The van der Waals surface area contributed by atoms with Gasteiger partial charge in [0.1, 0.15) is 12.1 Å². The molecule has 0 aliphatic carbocycles. The molecule has 0 unspecified atom stereocenters. The minimum absolute atomic E-state index is 0.0108. The molecule has 4 aliphatic heterocycles. The van der Waals surface area contributed by atoms with Crippen LogP contribution in [0.4, 0.5) is 0 Å². The fourth-order valence-corrected chi connectivity index (χ4v) is 8.69. The maximum atomic E-state index is 14.3. The average Bonchev–Trinajstić information content (AvgIpc) is 3.81. The molecule has 0 bridgehead atoms. The molecule has 4 amide bonds. The van der Waals surface area contributed by atoms with Gasteiger partial charge >= 0.3 is 0 Å². The molecule has 0 aromatic rings. The molecular formula is C37H66N6O6. The number of methoxy groups -OCH3 is 2. The van der Waals surface area contributed by atoms with Crippen molar-refractivity contribution in [1.82, 2.24) is 29.8 Å². The Morgan fingerprint density at radius 1 is 0.796 bits per heavy atom. The van der Waals surface area contributed by atoms with Gasteiger partial charge in [0, 0.05) is 40.4 Å². The Balaban J connectivity index is 1.47. The van der Waals surface area contributed by atoms with Gasteiger partial charge in [-0.05, 0) is 82.8 Å². The number of nitrogens with one attached hydrogen (secondary N) is 1. The minimum atomic E-state index is -0.677. The Morgan fingerprint density at radius 2 is 1.39 bits per heavy atom. The monoisotopic (exact) mass is 691 g/mol. The van der Waals surface area contributed by atoms with Crippen LogP contribution >= 0.6 is 0 Å². The van der Waals surface area contributed by atoms with Crippen molar-refractivity contribution in [3.8, 4) is 0 Å². The number of likely N-dealkylation sites (N-methyl/N-ethyl adjacent to an activating group) is 2. The lowest BCUT2D eigenvalue weighted by Gasteiger charge is -2.41. The molecule has 0 saturated carbocycles. The highest BCUT2D eigenvalue weighted by Crippen LogP contribution is 2.32. The van der Waals surface area contributed by atoms with Gasteiger partial charge in [-0.25, -0.2) is 0 Å². The predicted molar refractivity (Wildman–Crippen MR) is 190 cm³/mol. The van der Waals surface area contributed by atoms with Gasteiger partial charge in [-0.2, -0.15) is 0 Å². The van der Waals surface area contributed by atoms with Crippen LogP contribution in [0.1, 0.15) is 92.4 Å². The molecule has 0 spiro atoms. The Kier molecular flexibility index (Phi) is 13.9. The van der Waals surface area contributed by atoms with E-state index in [9.17, 15) is 19.2 Å². The molecule has 49 heavy (non-hydrogen) atoms. The molecule has 0 aromatic carbocycles. The first-order valence-electron chi connectivity index (χ1n) is 18.8. The second-order valence-corrected chi connectivity index (χ2v) is 16.4. The predicted octanol–water partition coefficient (Wildman–Crippen LogP) is 2.59. The van der Waals surface area contributed by atoms with Crippen LogP contribution in [0, 0.1) is 11.3 Å². The molecular weight excluding hydrogens is 624 g/mol. The topological polar surface area (TPSA) is 115 Å². The summed E-state index contributed by atoms with van der Waals surface area (Å²) in [6.45, 7) is 13.9. The lowest BCUT2D eigenvalue weighted by Crippen LogP contribution is -2.61. The molecule has 12 heteroatoms. The largest absolute Gasteiger partial charge is 0.383 e. The summed E-state index contributed by atoms with van der Waals surface area (Å²) in [5.41, 5.74) is -0.487. The fourth-order valence-electron chi connectivity index (χ4n) is 8.69. The number of amides is 4. The lowest BCUT2D eigenvalue weighted by molar-refractivity contribution is -0.149. The number of piperidine rings is 1. The number of ether oxygens (including phenoxy) is 2. The van der Waals surface area contributed by atoms with Gasteiger partial charge in [-0.1, -0.05) is 41.0 Å². The van der Waals surface area contributed by atoms with E-state index in [2.05, 4.69) is 29.0 Å². The third kappa shape index (κ3) is 9.15. The molecule has 280 valence electrons. The summed E-state index contributed by atoms with van der Waals surface area (Å²) in [5.74, 6) is -0.0324. The highest BCUT2D eigenvalue weighted by molar-refractivity contribution is 5.92. The van der Waals surface area contributed by atoms with Crippen LogP contribution in [-0.2, 0) is 28.7 Å². The van der Waals surface area contributed by atoms with Crippen LogP contribution in [0.5, 0.6) is 0 Å². The van der Waals surface area contributed by atoms with Gasteiger partial charge in [-0.15, -0.1) is 0 Å². The van der Waals surface area contributed by atoms with E-state index in [0.29, 0.717) is 32.7 Å². The van der Waals surface area contributed by atoms with Crippen molar-refractivity contribution in [1.29, 1.82) is 0 Å². The lowest BCUT2D eigenvalue weighted by atomic mass is 9.84. The summed E-state index contributed by atoms with van der Waals surface area (Å²) in [6.07, 6.45) is 7.70. The Morgan fingerprint density at radius 3 is 1.96 bits per heavy atom. The summed E-state index contributed by atoms with van der Waals surface area (Å²) in [4.78, 5) is 66.1. The van der Waals surface area contributed by atoms with Crippen LogP contribution in [0.2, 0.25) is 0 Å². The van der Waals surface area contributed by atoms with Crippen LogP contribution in [0.3, 0.4) is 0 Å². The van der Waals surface area contributed by atoms with Crippen molar-refractivity contribution in [3.05, 3.63) is 0 Å². The van der Waals surface area contributed by atoms with E-state index in [4.69, 9.17) is 9.47 Å². The van der Waals surface area contributed by atoms with Crippen LogP contribution in [0.15, 0.2) is 0 Å². The highest BCUT2D eigenvalue weighted by Gasteiger charge is 2.47. The van der Waals surface area contributed by atoms with Crippen molar-refractivity contribution < 1.29 is 28.7 Å². The van der Waals surface area contributed by atoms with Crippen LogP contribution in [0.25, 0.3) is 0 Å². The Labute approximate surface area is 295 Å². The van der Waals surface area contributed by atoms with Crippen molar-refractivity contribution >= 4 is 23.6 Å². The maximum absolute atomic E-state index is 14.3. The number of likely N-dealkylation sites (tertiary alicyclic amines) is 4. The van der Waals surface area contributed by atoms with Gasteiger partial charge in [0.05, 0.1) is 37.4 Å². The third-order valence-electron chi connectivity index (χ3n) is 11.6. The van der Waals surface area contributed by atoms with Crippen LogP contribution < -0.4 is 5.32 Å². The molecule has 4 heterocycles. The maximum Gasteiger partial charge on any atom is 0.246 e. The molecule has 4 fully saturated rings. The van der Waals surface area contributed by atoms with E-state index < -0.39 is 17.5 Å². The van der Waals surface area contributed by atoms with Crippen molar-refractivity contribution in [3.63, 3.8) is 0 Å². The number of rotatable bonds is 13. The number of nitrogens with zero attached hydrogens (tertiary/aromatic N) is 5. The molecule has 12 nitrogen and oxygen atoms in total. The molecule has 7 atom stereocenters. The first-order chi connectivity index (χ1) is 23.2. The van der Waals surface area contributed by atoms with Gasteiger partial charge in [0.2, 0.25) is 23.6 Å². The normalized spacial score (nSPS) is 28.2. The number of hydrogen-bond donors (Lipinski definition) is 1. The highest BCUT2D eigenvalue weighted by atomic mass is 16.5. The van der Waals surface area contributed by atoms with E-state index in [1.165, 1.54) is 0 Å². The van der Waals surface area contributed by atoms with E-state index in [1.807, 2.05) is 49.6 Å². The van der Waals surface area contributed by atoms with Crippen molar-refractivity contribution in [2.45, 2.75) is 135 Å². The first kappa shape index (κ1) is 39.5. The summed E-state index contributed by atoms with van der Waals surface area (Å²) in [7, 11) is 7.15. The zero-order chi connectivity index (χ0) is 36.0. The Hall–Kier alpha value is -2.28. The second kappa shape index (κ2) is 17.3. The quantitative estimate of drug-likeness (QED) is 0.314. The van der Waals surface area contributed by atoms with Gasteiger partial charge in [-0.3, -0.25) is 29.0 Å². The molecule has 4 aliphatic rings. The van der Waals surface area contributed by atoms with E-state index in [-0.39, 0.29) is 59.8 Å². The summed E-state index contributed by atoms with van der Waals surface area (Å²) in [5, 5.41) is 3.15. The zero-order valence-electron chi connectivity index (χ0n) is 31.9. The number of hydrogen-bond acceptors (Lipinski definition) is 8. The fraction of sp³-hybridized carbons (Fsp3) is 0.892. The van der Waals surface area contributed by atoms with Crippen LogP contribution in [-0.4, -0.2) is 158 Å². The summed E-state index contributed by atoms with van der Waals surface area (Å²) in [6, 6.07) is -1.89. The summed E-state index contributed by atoms with van der Waals surface area (Å²) >= 11 is 0. The second-order valence-electron chi connectivity index (χ2n) is 16.4. The minimum Gasteiger partial charge on any atom is -0.383 e. The number of carbonyl (C=O) groups is 4.